The summed E-state index contributed by atoms with van der Waals surface area (Å²) in [7, 11) is -3.27. The van der Waals surface area contributed by atoms with Crippen LogP contribution in [0.4, 0.5) is 5.69 Å². The highest BCUT2D eigenvalue weighted by Crippen LogP contribution is 2.27. The van der Waals surface area contributed by atoms with Crippen LogP contribution in [0.1, 0.15) is 18.0 Å². The average molecular weight is 302 g/mol. The van der Waals surface area contributed by atoms with Crippen molar-refractivity contribution in [1.29, 1.82) is 0 Å². The molecule has 19 heavy (non-hydrogen) atoms. The quantitative estimate of drug-likeness (QED) is 0.871. The number of nitrogen functional groups attached to an aromatic ring is 1. The van der Waals surface area contributed by atoms with Crippen molar-refractivity contribution in [3.8, 4) is 11.5 Å². The van der Waals surface area contributed by atoms with E-state index in [1.165, 1.54) is 6.92 Å². The predicted molar refractivity (Wildman–Crippen MR) is 72.4 cm³/mol. The number of nitrogens with zero attached hydrogens (tertiary/aromatic N) is 2. The van der Waals surface area contributed by atoms with Gasteiger partial charge < -0.3 is 10.3 Å². The Morgan fingerprint density at radius 2 is 2.11 bits per heavy atom. The molecule has 0 aliphatic carbocycles. The molecule has 2 N–H and O–H groups in total. The summed E-state index contributed by atoms with van der Waals surface area (Å²) in [5, 5.41) is 3.22. The summed E-state index contributed by atoms with van der Waals surface area (Å²) < 4.78 is 27.9. The molecule has 1 atom stereocenters. The van der Waals surface area contributed by atoms with Crippen LogP contribution in [0.5, 0.6) is 0 Å². The van der Waals surface area contributed by atoms with Gasteiger partial charge in [-0.2, -0.15) is 4.98 Å². The number of rotatable bonds is 3. The standard InChI is InChI=1S/C11H12ClN3O3S/c1-6(19(2,16)17)10-14-11(18-15-10)7-3-4-9(13)8(12)5-7/h3-6H,13H2,1-2H3. The molecule has 1 aromatic heterocycles. The third-order valence-electron chi connectivity index (χ3n) is 2.69. The third-order valence-corrected chi connectivity index (χ3v) is 4.52. The molecule has 0 spiro atoms. The molecule has 1 unspecified atom stereocenters. The molecule has 0 amide bonds. The van der Waals surface area contributed by atoms with Gasteiger partial charge in [-0.1, -0.05) is 16.8 Å². The highest BCUT2D eigenvalue weighted by atomic mass is 35.5. The third kappa shape index (κ3) is 2.87. The molecule has 8 heteroatoms. The zero-order valence-electron chi connectivity index (χ0n) is 10.3. The second-order valence-electron chi connectivity index (χ2n) is 4.17. The lowest BCUT2D eigenvalue weighted by atomic mass is 10.2. The first kappa shape index (κ1) is 13.8. The summed E-state index contributed by atoms with van der Waals surface area (Å²) in [6, 6.07) is 4.87. The van der Waals surface area contributed by atoms with Gasteiger partial charge in [-0.15, -0.1) is 0 Å². The molecule has 0 fully saturated rings. The monoisotopic (exact) mass is 301 g/mol. The van der Waals surface area contributed by atoms with Crippen LogP contribution in [0.25, 0.3) is 11.5 Å². The number of sulfone groups is 1. The lowest BCUT2D eigenvalue weighted by Crippen LogP contribution is -2.09. The minimum atomic E-state index is -3.27. The lowest BCUT2D eigenvalue weighted by molar-refractivity contribution is 0.422. The van der Waals surface area contributed by atoms with Crippen molar-refractivity contribution < 1.29 is 12.9 Å². The Labute approximate surface area is 115 Å². The van der Waals surface area contributed by atoms with Gasteiger partial charge >= 0.3 is 0 Å². The van der Waals surface area contributed by atoms with Gasteiger partial charge in [0.05, 0.1) is 10.7 Å². The van der Waals surface area contributed by atoms with Gasteiger partial charge in [-0.25, -0.2) is 8.42 Å². The van der Waals surface area contributed by atoms with Crippen molar-refractivity contribution >= 4 is 27.1 Å². The van der Waals surface area contributed by atoms with Crippen molar-refractivity contribution in [3.63, 3.8) is 0 Å². The molecule has 2 rings (SSSR count). The number of aromatic nitrogens is 2. The maximum Gasteiger partial charge on any atom is 0.258 e. The first-order valence-electron chi connectivity index (χ1n) is 5.37. The smallest absolute Gasteiger partial charge is 0.258 e. The summed E-state index contributed by atoms with van der Waals surface area (Å²) in [6.45, 7) is 1.50. The van der Waals surface area contributed by atoms with Crippen LogP contribution in [0.3, 0.4) is 0 Å². The minimum absolute atomic E-state index is 0.116. The molecule has 0 saturated heterocycles. The van der Waals surface area contributed by atoms with E-state index >= 15 is 0 Å². The summed E-state index contributed by atoms with van der Waals surface area (Å²) in [5.74, 6) is 0.317. The van der Waals surface area contributed by atoms with E-state index in [1.54, 1.807) is 18.2 Å². The van der Waals surface area contributed by atoms with E-state index in [9.17, 15) is 8.42 Å². The molecule has 6 nitrogen and oxygen atoms in total. The Morgan fingerprint density at radius 3 is 2.68 bits per heavy atom. The molecule has 102 valence electrons. The summed E-state index contributed by atoms with van der Waals surface area (Å²) in [6.07, 6.45) is 1.12. The Hall–Kier alpha value is -1.60. The van der Waals surface area contributed by atoms with Gasteiger partial charge in [-0.05, 0) is 25.1 Å². The van der Waals surface area contributed by atoms with E-state index < -0.39 is 15.1 Å². The predicted octanol–water partition coefficient (Wildman–Crippen LogP) is 2.08. The fourth-order valence-corrected chi connectivity index (χ4v) is 2.03. The van der Waals surface area contributed by atoms with Crippen LogP contribution in [0.15, 0.2) is 22.7 Å². The Bertz CT molecular complexity index is 712. The number of nitrogens with two attached hydrogens (primary N) is 1. The highest BCUT2D eigenvalue weighted by molar-refractivity contribution is 7.90. The summed E-state index contributed by atoms with van der Waals surface area (Å²) >= 11 is 5.89. The molecular weight excluding hydrogens is 290 g/mol. The summed E-state index contributed by atoms with van der Waals surface area (Å²) in [5.41, 5.74) is 6.62. The van der Waals surface area contributed by atoms with Gasteiger partial charge in [0, 0.05) is 11.8 Å². The zero-order chi connectivity index (χ0) is 14.2. The van der Waals surface area contributed by atoms with Crippen LogP contribution in [0.2, 0.25) is 5.02 Å². The topological polar surface area (TPSA) is 99.1 Å². The second kappa shape index (κ2) is 4.82. The zero-order valence-corrected chi connectivity index (χ0v) is 11.9. The van der Waals surface area contributed by atoms with Crippen LogP contribution in [-0.4, -0.2) is 24.8 Å². The second-order valence-corrected chi connectivity index (χ2v) is 6.94. The molecule has 0 aliphatic rings. The van der Waals surface area contributed by atoms with Crippen LogP contribution in [0, 0.1) is 0 Å². The number of hydrogen-bond acceptors (Lipinski definition) is 6. The molecule has 0 saturated carbocycles. The van der Waals surface area contributed by atoms with Gasteiger partial charge in [-0.3, -0.25) is 0 Å². The number of hydrogen-bond donors (Lipinski definition) is 1. The van der Waals surface area contributed by atoms with Gasteiger partial charge in [0.2, 0.25) is 0 Å². The van der Waals surface area contributed by atoms with Crippen molar-refractivity contribution in [3.05, 3.63) is 29.0 Å². The van der Waals surface area contributed by atoms with Crippen LogP contribution >= 0.6 is 11.6 Å². The molecule has 1 aromatic carbocycles. The molecule has 2 aromatic rings. The van der Waals surface area contributed by atoms with Crippen molar-refractivity contribution in [1.82, 2.24) is 10.1 Å². The largest absolute Gasteiger partial charge is 0.398 e. The van der Waals surface area contributed by atoms with E-state index in [2.05, 4.69) is 10.1 Å². The fraction of sp³-hybridized carbons (Fsp3) is 0.273. The van der Waals surface area contributed by atoms with Crippen LogP contribution < -0.4 is 5.73 Å². The minimum Gasteiger partial charge on any atom is -0.398 e. The Kier molecular flexibility index (Phi) is 3.51. The molecule has 1 heterocycles. The lowest BCUT2D eigenvalue weighted by Gasteiger charge is -2.02. The maximum absolute atomic E-state index is 11.4. The van der Waals surface area contributed by atoms with E-state index in [4.69, 9.17) is 21.9 Å². The maximum atomic E-state index is 11.4. The van der Waals surface area contributed by atoms with Crippen molar-refractivity contribution in [2.45, 2.75) is 12.2 Å². The van der Waals surface area contributed by atoms with Gasteiger partial charge in [0.1, 0.15) is 5.25 Å². The van der Waals surface area contributed by atoms with E-state index in [-0.39, 0.29) is 11.7 Å². The van der Waals surface area contributed by atoms with Crippen LogP contribution in [-0.2, 0) is 9.84 Å². The normalized spacial score (nSPS) is 13.4. The number of anilines is 1. The molecular formula is C11H12ClN3O3S. The van der Waals surface area contributed by atoms with Crippen molar-refractivity contribution in [2.24, 2.45) is 0 Å². The van der Waals surface area contributed by atoms with E-state index in [0.717, 1.165) is 6.26 Å². The highest BCUT2D eigenvalue weighted by Gasteiger charge is 2.23. The van der Waals surface area contributed by atoms with E-state index in [1.807, 2.05) is 0 Å². The first-order chi connectivity index (χ1) is 8.79. The fourth-order valence-electron chi connectivity index (χ4n) is 1.37. The molecule has 0 aliphatic heterocycles. The number of halogens is 1. The molecule has 0 radical (unpaired) electrons. The van der Waals surface area contributed by atoms with Crippen molar-refractivity contribution in [2.75, 3.05) is 12.0 Å². The first-order valence-corrected chi connectivity index (χ1v) is 7.70. The Morgan fingerprint density at radius 1 is 1.42 bits per heavy atom. The molecule has 0 bridgehead atoms. The average Bonchev–Trinajstić information content (AvgIpc) is 2.79. The number of benzene rings is 1. The summed E-state index contributed by atoms with van der Waals surface area (Å²) in [4.78, 5) is 4.06. The van der Waals surface area contributed by atoms with E-state index in [0.29, 0.717) is 16.3 Å². The SMILES string of the molecule is CC(c1noc(-c2ccc(N)c(Cl)c2)n1)S(C)(=O)=O. The van der Waals surface area contributed by atoms with Gasteiger partial charge in [0.15, 0.2) is 15.7 Å². The van der Waals surface area contributed by atoms with Gasteiger partial charge in [0.25, 0.3) is 5.89 Å². The Balaban J connectivity index is 2.38.